The van der Waals surface area contributed by atoms with E-state index in [1.54, 1.807) is 17.1 Å². The maximum Gasteiger partial charge on any atom is 0.275 e. The third kappa shape index (κ3) is 4.62. The average molecular weight is 391 g/mol. The van der Waals surface area contributed by atoms with E-state index in [-0.39, 0.29) is 16.4 Å². The SMILES string of the molecule is CS(=O)(=O)Nc1cc(Cl)cc(NC(=O)c2cn(-c3ccccc3)cn2)c1. The van der Waals surface area contributed by atoms with Crippen LogP contribution in [-0.2, 0) is 10.0 Å². The Bertz CT molecular complexity index is 1050. The summed E-state index contributed by atoms with van der Waals surface area (Å²) < 4.78 is 26.7. The van der Waals surface area contributed by atoms with E-state index in [9.17, 15) is 13.2 Å². The molecule has 0 aliphatic rings. The first-order chi connectivity index (χ1) is 12.3. The zero-order valence-electron chi connectivity index (χ0n) is 13.7. The van der Waals surface area contributed by atoms with Crippen molar-refractivity contribution in [1.29, 1.82) is 0 Å². The Balaban J connectivity index is 1.79. The molecule has 0 fully saturated rings. The molecular formula is C17H15ClN4O3S. The van der Waals surface area contributed by atoms with E-state index in [0.29, 0.717) is 5.69 Å². The highest BCUT2D eigenvalue weighted by Crippen LogP contribution is 2.23. The van der Waals surface area contributed by atoms with Gasteiger partial charge in [-0.15, -0.1) is 0 Å². The van der Waals surface area contributed by atoms with Gasteiger partial charge in [-0.25, -0.2) is 13.4 Å². The highest BCUT2D eigenvalue weighted by Gasteiger charge is 2.12. The van der Waals surface area contributed by atoms with Crippen molar-refractivity contribution < 1.29 is 13.2 Å². The highest BCUT2D eigenvalue weighted by molar-refractivity contribution is 7.92. The molecule has 0 bridgehead atoms. The number of nitrogens with zero attached hydrogens (tertiary/aromatic N) is 2. The van der Waals surface area contributed by atoms with Gasteiger partial charge in [-0.3, -0.25) is 9.52 Å². The van der Waals surface area contributed by atoms with Gasteiger partial charge in [-0.1, -0.05) is 29.8 Å². The van der Waals surface area contributed by atoms with Crippen LogP contribution in [0.25, 0.3) is 5.69 Å². The van der Waals surface area contributed by atoms with Gasteiger partial charge in [0, 0.05) is 22.6 Å². The van der Waals surface area contributed by atoms with Crippen LogP contribution in [0.4, 0.5) is 11.4 Å². The second-order valence-electron chi connectivity index (χ2n) is 5.56. The molecule has 1 heterocycles. The molecule has 0 aliphatic carbocycles. The van der Waals surface area contributed by atoms with Crippen molar-refractivity contribution in [3.63, 3.8) is 0 Å². The number of nitrogens with one attached hydrogen (secondary N) is 2. The van der Waals surface area contributed by atoms with E-state index in [2.05, 4.69) is 15.0 Å². The number of carbonyl (C=O) groups excluding carboxylic acids is 1. The molecule has 9 heteroatoms. The van der Waals surface area contributed by atoms with Crippen LogP contribution in [0.3, 0.4) is 0 Å². The summed E-state index contributed by atoms with van der Waals surface area (Å²) in [6.07, 6.45) is 4.17. The molecule has 0 saturated heterocycles. The largest absolute Gasteiger partial charge is 0.320 e. The van der Waals surface area contributed by atoms with Crippen LogP contribution in [0, 0.1) is 0 Å². The van der Waals surface area contributed by atoms with Gasteiger partial charge in [0.05, 0.1) is 11.9 Å². The smallest absolute Gasteiger partial charge is 0.275 e. The minimum Gasteiger partial charge on any atom is -0.320 e. The molecule has 134 valence electrons. The van der Waals surface area contributed by atoms with Crippen molar-refractivity contribution in [2.75, 3.05) is 16.3 Å². The summed E-state index contributed by atoms with van der Waals surface area (Å²) in [4.78, 5) is 16.5. The quantitative estimate of drug-likeness (QED) is 0.699. The van der Waals surface area contributed by atoms with Crippen molar-refractivity contribution in [3.05, 3.63) is 71.8 Å². The first-order valence-corrected chi connectivity index (χ1v) is 9.76. The number of para-hydroxylation sites is 1. The summed E-state index contributed by atoms with van der Waals surface area (Å²) in [7, 11) is -3.46. The summed E-state index contributed by atoms with van der Waals surface area (Å²) in [5, 5.41) is 2.94. The van der Waals surface area contributed by atoms with Crippen molar-refractivity contribution in [1.82, 2.24) is 9.55 Å². The van der Waals surface area contributed by atoms with Gasteiger partial charge in [0.15, 0.2) is 0 Å². The summed E-state index contributed by atoms with van der Waals surface area (Å²) in [5.41, 5.74) is 1.70. The van der Waals surface area contributed by atoms with Gasteiger partial charge in [-0.2, -0.15) is 0 Å². The standard InChI is InChI=1S/C17H15ClN4O3S/c1-26(24,25)21-14-8-12(18)7-13(9-14)20-17(23)16-10-22(11-19-16)15-5-3-2-4-6-15/h2-11,21H,1H3,(H,20,23). The van der Waals surface area contributed by atoms with Crippen LogP contribution >= 0.6 is 11.6 Å². The topological polar surface area (TPSA) is 93.1 Å². The predicted molar refractivity (Wildman–Crippen MR) is 101 cm³/mol. The van der Waals surface area contributed by atoms with Gasteiger partial charge in [-0.05, 0) is 30.3 Å². The maximum absolute atomic E-state index is 12.4. The lowest BCUT2D eigenvalue weighted by atomic mass is 10.2. The molecule has 0 unspecified atom stereocenters. The number of halogens is 1. The minimum absolute atomic E-state index is 0.214. The predicted octanol–water partition coefficient (Wildman–Crippen LogP) is 3.15. The number of carbonyl (C=O) groups is 1. The highest BCUT2D eigenvalue weighted by atomic mass is 35.5. The van der Waals surface area contributed by atoms with E-state index >= 15 is 0 Å². The molecule has 2 N–H and O–H groups in total. The maximum atomic E-state index is 12.4. The van der Waals surface area contributed by atoms with Crippen LogP contribution in [-0.4, -0.2) is 30.1 Å². The molecule has 0 saturated carbocycles. The van der Waals surface area contributed by atoms with Crippen molar-refractivity contribution in [3.8, 4) is 5.69 Å². The molecule has 3 aromatic rings. The molecule has 3 rings (SSSR count). The molecule has 0 spiro atoms. The Morgan fingerprint density at radius 2 is 1.81 bits per heavy atom. The lowest BCUT2D eigenvalue weighted by molar-refractivity contribution is 0.102. The fraction of sp³-hybridized carbons (Fsp3) is 0.0588. The van der Waals surface area contributed by atoms with Crippen LogP contribution in [0.1, 0.15) is 10.5 Å². The zero-order chi connectivity index (χ0) is 18.7. The van der Waals surface area contributed by atoms with Crippen LogP contribution < -0.4 is 10.0 Å². The molecule has 26 heavy (non-hydrogen) atoms. The number of hydrogen-bond donors (Lipinski definition) is 2. The molecule has 1 amide bonds. The van der Waals surface area contributed by atoms with Gasteiger partial charge >= 0.3 is 0 Å². The van der Waals surface area contributed by atoms with Crippen LogP contribution in [0.15, 0.2) is 61.1 Å². The second-order valence-corrected chi connectivity index (χ2v) is 7.74. The Morgan fingerprint density at radius 3 is 2.50 bits per heavy atom. The molecular weight excluding hydrogens is 376 g/mol. The second kappa shape index (κ2) is 7.19. The molecule has 0 radical (unpaired) electrons. The monoisotopic (exact) mass is 390 g/mol. The first kappa shape index (κ1) is 18.0. The van der Waals surface area contributed by atoms with Crippen molar-refractivity contribution in [2.24, 2.45) is 0 Å². The number of imidazole rings is 1. The van der Waals surface area contributed by atoms with Crippen molar-refractivity contribution in [2.45, 2.75) is 0 Å². The van der Waals surface area contributed by atoms with E-state index in [4.69, 9.17) is 11.6 Å². The molecule has 7 nitrogen and oxygen atoms in total. The van der Waals surface area contributed by atoms with Gasteiger partial charge in [0.1, 0.15) is 12.0 Å². The van der Waals surface area contributed by atoms with Crippen molar-refractivity contribution >= 4 is 38.9 Å². The van der Waals surface area contributed by atoms with Gasteiger partial charge in [0.25, 0.3) is 5.91 Å². The minimum atomic E-state index is -3.46. The third-order valence-electron chi connectivity index (χ3n) is 3.33. The number of hydrogen-bond acceptors (Lipinski definition) is 4. The summed E-state index contributed by atoms with van der Waals surface area (Å²) in [6, 6.07) is 13.9. The van der Waals surface area contributed by atoms with Gasteiger partial charge < -0.3 is 9.88 Å². The molecule has 1 aromatic heterocycles. The number of amides is 1. The zero-order valence-corrected chi connectivity index (χ0v) is 15.3. The van der Waals surface area contributed by atoms with Gasteiger partial charge in [0.2, 0.25) is 10.0 Å². The molecule has 0 aliphatic heterocycles. The Labute approximate surface area is 155 Å². The fourth-order valence-corrected chi connectivity index (χ4v) is 3.09. The number of sulfonamides is 1. The Hall–Kier alpha value is -2.84. The average Bonchev–Trinajstić information content (AvgIpc) is 3.03. The number of rotatable bonds is 5. The van der Waals surface area contributed by atoms with E-state index < -0.39 is 15.9 Å². The van der Waals surface area contributed by atoms with Crippen LogP contribution in [0.5, 0.6) is 0 Å². The fourth-order valence-electron chi connectivity index (χ4n) is 2.31. The summed E-state index contributed by atoms with van der Waals surface area (Å²) in [6.45, 7) is 0. The van der Waals surface area contributed by atoms with E-state index in [1.165, 1.54) is 18.2 Å². The van der Waals surface area contributed by atoms with Crippen LogP contribution in [0.2, 0.25) is 5.02 Å². The lowest BCUT2D eigenvalue weighted by Crippen LogP contribution is -2.13. The molecule has 2 aromatic carbocycles. The van der Waals surface area contributed by atoms with E-state index in [1.807, 2.05) is 30.3 Å². The number of aromatic nitrogens is 2. The Kier molecular flexibility index (Phi) is 4.97. The van der Waals surface area contributed by atoms with E-state index in [0.717, 1.165) is 11.9 Å². The first-order valence-electron chi connectivity index (χ1n) is 7.49. The lowest BCUT2D eigenvalue weighted by Gasteiger charge is -2.09. The third-order valence-corrected chi connectivity index (χ3v) is 4.15. The summed E-state index contributed by atoms with van der Waals surface area (Å²) >= 11 is 5.99. The molecule has 0 atom stereocenters. The normalized spacial score (nSPS) is 11.2. The Morgan fingerprint density at radius 1 is 1.12 bits per heavy atom. The summed E-state index contributed by atoms with van der Waals surface area (Å²) in [5.74, 6) is -0.438. The number of benzene rings is 2. The number of anilines is 2.